The molecule has 3 aromatic carbocycles. The number of hydrogen-bond donors (Lipinski definition) is 0. The van der Waals surface area contributed by atoms with Crippen LogP contribution in [0.5, 0.6) is 0 Å². The molecule has 0 fully saturated rings. The van der Waals surface area contributed by atoms with Gasteiger partial charge >= 0.3 is 5.97 Å². The molecule has 0 unspecified atom stereocenters. The van der Waals surface area contributed by atoms with Crippen LogP contribution in [0.2, 0.25) is 5.02 Å². The summed E-state index contributed by atoms with van der Waals surface area (Å²) < 4.78 is 11.0. The van der Waals surface area contributed by atoms with E-state index in [-0.39, 0.29) is 29.5 Å². The largest absolute Gasteiger partial charge is 0.452 e. The third-order valence-corrected chi connectivity index (χ3v) is 5.09. The number of anilines is 1. The lowest BCUT2D eigenvalue weighted by atomic mass is 10.1. The van der Waals surface area contributed by atoms with E-state index >= 15 is 0 Å². The molecule has 6 nitrogen and oxygen atoms in total. The monoisotopic (exact) mass is 446 g/mol. The zero-order valence-electron chi connectivity index (χ0n) is 17.2. The van der Waals surface area contributed by atoms with Crippen molar-refractivity contribution in [2.75, 3.05) is 11.9 Å². The number of amides is 1. The van der Waals surface area contributed by atoms with Crippen molar-refractivity contribution in [2.24, 2.45) is 0 Å². The number of benzene rings is 3. The molecule has 1 amide bonds. The Kier molecular flexibility index (Phi) is 6.33. The third kappa shape index (κ3) is 4.71. The topological polar surface area (TPSA) is 72.6 Å². The number of carbonyl (C=O) groups is 2. The molecule has 0 aliphatic heterocycles. The molecule has 1 heterocycles. The van der Waals surface area contributed by atoms with Gasteiger partial charge in [-0.2, -0.15) is 0 Å². The average Bonchev–Trinajstić information content (AvgIpc) is 3.31. The third-order valence-electron chi connectivity index (χ3n) is 4.83. The van der Waals surface area contributed by atoms with Gasteiger partial charge in [-0.1, -0.05) is 41.9 Å². The van der Waals surface area contributed by atoms with Crippen LogP contribution in [0.15, 0.2) is 89.5 Å². The van der Waals surface area contributed by atoms with Crippen LogP contribution < -0.4 is 4.90 Å². The molecule has 0 radical (unpaired) electrons. The summed E-state index contributed by atoms with van der Waals surface area (Å²) in [6.07, 6.45) is 1.55. The van der Waals surface area contributed by atoms with E-state index in [1.165, 1.54) is 4.90 Å². The Balaban J connectivity index is 1.47. The molecule has 0 aliphatic carbocycles. The van der Waals surface area contributed by atoms with Crippen molar-refractivity contribution >= 4 is 29.2 Å². The highest BCUT2D eigenvalue weighted by atomic mass is 35.5. The first-order valence-corrected chi connectivity index (χ1v) is 10.2. The number of aromatic nitrogens is 1. The predicted octanol–water partition coefficient (Wildman–Crippen LogP) is 5.63. The molecule has 160 valence electrons. The first-order valence-electron chi connectivity index (χ1n) is 9.83. The molecule has 0 aliphatic rings. The maximum Gasteiger partial charge on any atom is 0.339 e. The fourth-order valence-corrected chi connectivity index (χ4v) is 3.25. The number of hydrogen-bond acceptors (Lipinski definition) is 5. The maximum atomic E-state index is 13.0. The maximum absolute atomic E-state index is 13.0. The van der Waals surface area contributed by atoms with Gasteiger partial charge in [0.1, 0.15) is 0 Å². The van der Waals surface area contributed by atoms with Crippen molar-refractivity contribution in [1.29, 1.82) is 0 Å². The molecule has 7 heteroatoms. The van der Waals surface area contributed by atoms with Gasteiger partial charge in [-0.3, -0.25) is 4.79 Å². The second-order valence-electron chi connectivity index (χ2n) is 6.95. The Bertz CT molecular complexity index is 1240. The summed E-state index contributed by atoms with van der Waals surface area (Å²) in [4.78, 5) is 31.4. The molecule has 4 aromatic rings. The number of nitrogens with zero attached hydrogens (tertiary/aromatic N) is 2. The number of oxazole rings is 1. The van der Waals surface area contributed by atoms with Crippen LogP contribution in [-0.2, 0) is 11.3 Å². The number of carbonyl (C=O) groups excluding carboxylic acids is 2. The Morgan fingerprint density at radius 2 is 1.59 bits per heavy atom. The van der Waals surface area contributed by atoms with E-state index in [0.29, 0.717) is 10.8 Å². The molecule has 4 rings (SSSR count). The second-order valence-corrected chi connectivity index (χ2v) is 7.38. The van der Waals surface area contributed by atoms with E-state index < -0.39 is 5.97 Å². The van der Waals surface area contributed by atoms with Gasteiger partial charge in [0.2, 0.25) is 5.89 Å². The van der Waals surface area contributed by atoms with Gasteiger partial charge in [0.05, 0.1) is 17.3 Å². The van der Waals surface area contributed by atoms with E-state index in [1.807, 2.05) is 42.5 Å². The smallest absolute Gasteiger partial charge is 0.339 e. The highest BCUT2D eigenvalue weighted by Gasteiger charge is 2.22. The Labute approximate surface area is 190 Å². The lowest BCUT2D eigenvalue weighted by molar-refractivity contribution is 0.0436. The van der Waals surface area contributed by atoms with Crippen LogP contribution in [0.1, 0.15) is 26.6 Å². The molecular weight excluding hydrogens is 428 g/mol. The first-order chi connectivity index (χ1) is 15.5. The molecule has 0 saturated carbocycles. The van der Waals surface area contributed by atoms with E-state index in [1.54, 1.807) is 49.6 Å². The summed E-state index contributed by atoms with van der Waals surface area (Å²) in [6.45, 7) is -0.163. The highest BCUT2D eigenvalue weighted by molar-refractivity contribution is 6.30. The van der Waals surface area contributed by atoms with E-state index in [4.69, 9.17) is 20.8 Å². The lowest BCUT2D eigenvalue weighted by Crippen LogP contribution is -2.28. The molecule has 0 bridgehead atoms. The summed E-state index contributed by atoms with van der Waals surface area (Å²) >= 11 is 5.91. The summed E-state index contributed by atoms with van der Waals surface area (Å²) in [7, 11) is 1.66. The summed E-state index contributed by atoms with van der Waals surface area (Å²) in [6, 6.07) is 22.8. The van der Waals surface area contributed by atoms with Crippen molar-refractivity contribution in [1.82, 2.24) is 4.98 Å². The van der Waals surface area contributed by atoms with Crippen LogP contribution in [0.25, 0.3) is 11.3 Å². The summed E-state index contributed by atoms with van der Waals surface area (Å²) in [5.74, 6) is -0.173. The molecule has 0 spiro atoms. The van der Waals surface area contributed by atoms with Gasteiger partial charge in [-0.25, -0.2) is 9.78 Å². The number of para-hydroxylation sites is 1. The minimum atomic E-state index is -0.637. The molecule has 0 atom stereocenters. The van der Waals surface area contributed by atoms with Crippen LogP contribution in [0.4, 0.5) is 5.69 Å². The summed E-state index contributed by atoms with van der Waals surface area (Å²) in [5, 5.41) is 0.619. The predicted molar refractivity (Wildman–Crippen MR) is 122 cm³/mol. The minimum Gasteiger partial charge on any atom is -0.452 e. The number of esters is 1. The normalized spacial score (nSPS) is 10.6. The number of halogens is 1. The van der Waals surface area contributed by atoms with Gasteiger partial charge in [0, 0.05) is 23.3 Å². The SMILES string of the molecule is CN(C(=O)c1ccccc1C(=O)OCc1ncc(-c2ccc(Cl)cc2)o1)c1ccccc1. The van der Waals surface area contributed by atoms with E-state index in [9.17, 15) is 9.59 Å². The Hall–Kier alpha value is -3.90. The minimum absolute atomic E-state index is 0.163. The molecule has 0 N–H and O–H groups in total. The molecule has 1 aromatic heterocycles. The van der Waals surface area contributed by atoms with Crippen molar-refractivity contribution in [3.63, 3.8) is 0 Å². The fraction of sp³-hybridized carbons (Fsp3) is 0.0800. The number of ether oxygens (including phenoxy) is 1. The van der Waals surface area contributed by atoms with Gasteiger partial charge in [-0.05, 0) is 48.5 Å². The lowest BCUT2D eigenvalue weighted by Gasteiger charge is -2.18. The van der Waals surface area contributed by atoms with Crippen LogP contribution in [0, 0.1) is 0 Å². The second kappa shape index (κ2) is 9.49. The van der Waals surface area contributed by atoms with Gasteiger partial charge in [0.25, 0.3) is 5.91 Å². The zero-order chi connectivity index (χ0) is 22.5. The Morgan fingerprint density at radius 1 is 0.938 bits per heavy atom. The average molecular weight is 447 g/mol. The molecular formula is C25H19ClN2O4. The standard InChI is InChI=1S/C25H19ClN2O4/c1-28(19-7-3-2-4-8-19)24(29)20-9-5-6-10-21(20)25(30)31-16-23-27-15-22(32-23)17-11-13-18(26)14-12-17/h2-15H,16H2,1H3. The zero-order valence-corrected chi connectivity index (χ0v) is 18.0. The van der Waals surface area contributed by atoms with Crippen molar-refractivity contribution in [3.8, 4) is 11.3 Å². The fourth-order valence-electron chi connectivity index (χ4n) is 3.13. The van der Waals surface area contributed by atoms with Crippen molar-refractivity contribution in [3.05, 3.63) is 107 Å². The van der Waals surface area contributed by atoms with Crippen molar-refractivity contribution < 1.29 is 18.7 Å². The van der Waals surface area contributed by atoms with Gasteiger partial charge in [0.15, 0.2) is 12.4 Å². The Morgan fingerprint density at radius 3 is 2.31 bits per heavy atom. The number of rotatable bonds is 6. The van der Waals surface area contributed by atoms with Gasteiger partial charge < -0.3 is 14.1 Å². The van der Waals surface area contributed by atoms with Gasteiger partial charge in [-0.15, -0.1) is 0 Å². The quantitative estimate of drug-likeness (QED) is 0.359. The molecule has 32 heavy (non-hydrogen) atoms. The van der Waals surface area contributed by atoms with Crippen LogP contribution in [0.3, 0.4) is 0 Å². The molecule has 0 saturated heterocycles. The van der Waals surface area contributed by atoms with Crippen molar-refractivity contribution in [2.45, 2.75) is 6.61 Å². The van der Waals surface area contributed by atoms with E-state index in [2.05, 4.69) is 4.98 Å². The summed E-state index contributed by atoms with van der Waals surface area (Å²) in [5.41, 5.74) is 1.94. The van der Waals surface area contributed by atoms with E-state index in [0.717, 1.165) is 11.3 Å². The van der Waals surface area contributed by atoms with Crippen LogP contribution >= 0.6 is 11.6 Å². The van der Waals surface area contributed by atoms with Crippen LogP contribution in [-0.4, -0.2) is 23.9 Å². The first kappa shape index (κ1) is 21.3. The highest BCUT2D eigenvalue weighted by Crippen LogP contribution is 2.23.